The van der Waals surface area contributed by atoms with Gasteiger partial charge in [-0.3, -0.25) is 4.79 Å². The lowest BCUT2D eigenvalue weighted by molar-refractivity contribution is 0.0524. The van der Waals surface area contributed by atoms with E-state index in [0.29, 0.717) is 11.3 Å². The number of aryl methyl sites for hydroxylation is 1. The first-order valence-electron chi connectivity index (χ1n) is 8.79. The molecule has 28 heavy (non-hydrogen) atoms. The Hall–Kier alpha value is -3.22. The molecule has 7 heteroatoms. The number of rotatable bonds is 5. The molecule has 0 amide bonds. The lowest BCUT2D eigenvalue weighted by Gasteiger charge is -2.15. The van der Waals surface area contributed by atoms with Crippen molar-refractivity contribution >= 4 is 16.9 Å². The molecule has 0 fully saturated rings. The molecule has 0 unspecified atom stereocenters. The molecule has 5 nitrogen and oxygen atoms in total. The molecule has 0 N–H and O–H groups in total. The van der Waals surface area contributed by atoms with Gasteiger partial charge in [-0.2, -0.15) is 0 Å². The van der Waals surface area contributed by atoms with Crippen LogP contribution in [0.3, 0.4) is 0 Å². The third kappa shape index (κ3) is 3.24. The normalized spacial score (nSPS) is 10.9. The van der Waals surface area contributed by atoms with Crippen molar-refractivity contribution in [1.82, 2.24) is 4.57 Å². The Morgan fingerprint density at radius 1 is 1.14 bits per heavy atom. The third-order valence-electron chi connectivity index (χ3n) is 4.47. The Kier molecular flexibility index (Phi) is 5.44. The molecule has 0 atom stereocenters. The predicted molar refractivity (Wildman–Crippen MR) is 102 cm³/mol. The fraction of sp³-hybridized carbons (Fsp3) is 0.238. The summed E-state index contributed by atoms with van der Waals surface area (Å²) in [4.78, 5) is 24.7. The summed E-state index contributed by atoms with van der Waals surface area (Å²) in [5, 5.41) is -0.209. The first-order chi connectivity index (χ1) is 13.4. The van der Waals surface area contributed by atoms with Crippen LogP contribution in [0.1, 0.15) is 24.2 Å². The second-order valence-corrected chi connectivity index (χ2v) is 6.05. The van der Waals surface area contributed by atoms with Crippen molar-refractivity contribution in [3.05, 3.63) is 63.9 Å². The molecule has 0 saturated heterocycles. The quantitative estimate of drug-likeness (QED) is 0.617. The highest BCUT2D eigenvalue weighted by molar-refractivity contribution is 5.95. The van der Waals surface area contributed by atoms with Crippen molar-refractivity contribution in [2.24, 2.45) is 0 Å². The minimum atomic E-state index is -0.893. The van der Waals surface area contributed by atoms with Crippen molar-refractivity contribution in [3.8, 4) is 16.9 Å². The van der Waals surface area contributed by atoms with Crippen LogP contribution < -0.4 is 10.2 Å². The fourth-order valence-electron chi connectivity index (χ4n) is 3.11. The number of ether oxygens (including phenoxy) is 2. The molecular formula is C21H19F2NO4. The lowest BCUT2D eigenvalue weighted by atomic mass is 10.0. The fourth-order valence-corrected chi connectivity index (χ4v) is 3.11. The highest BCUT2D eigenvalue weighted by atomic mass is 19.1. The van der Waals surface area contributed by atoms with Crippen LogP contribution in [0.4, 0.5) is 8.78 Å². The van der Waals surface area contributed by atoms with Gasteiger partial charge in [0, 0.05) is 12.7 Å². The summed E-state index contributed by atoms with van der Waals surface area (Å²) in [6.45, 7) is 3.70. The van der Waals surface area contributed by atoms with E-state index in [1.165, 1.54) is 30.0 Å². The summed E-state index contributed by atoms with van der Waals surface area (Å²) in [6.07, 6.45) is 1.25. The number of esters is 1. The number of benzene rings is 2. The Labute approximate surface area is 160 Å². The molecule has 2 aromatic carbocycles. The van der Waals surface area contributed by atoms with E-state index < -0.39 is 23.0 Å². The lowest BCUT2D eigenvalue weighted by Crippen LogP contribution is -2.21. The van der Waals surface area contributed by atoms with Gasteiger partial charge in [0.15, 0.2) is 5.82 Å². The summed E-state index contributed by atoms with van der Waals surface area (Å²) in [5.74, 6) is -2.03. The van der Waals surface area contributed by atoms with Gasteiger partial charge in [-0.15, -0.1) is 0 Å². The molecule has 0 bridgehead atoms. The number of nitrogens with zero attached hydrogens (tertiary/aromatic N) is 1. The number of fused-ring (bicyclic) bond motifs is 1. The van der Waals surface area contributed by atoms with Crippen LogP contribution in [0.5, 0.6) is 5.75 Å². The Morgan fingerprint density at radius 3 is 2.39 bits per heavy atom. The van der Waals surface area contributed by atoms with Gasteiger partial charge in [0.05, 0.1) is 30.2 Å². The van der Waals surface area contributed by atoms with Crippen LogP contribution in [0.2, 0.25) is 0 Å². The minimum absolute atomic E-state index is 0.0623. The summed E-state index contributed by atoms with van der Waals surface area (Å²) in [5.41, 5.74) is -1.03. The number of pyridine rings is 1. The summed E-state index contributed by atoms with van der Waals surface area (Å²) in [6, 6.07) is 7.22. The Morgan fingerprint density at radius 2 is 1.82 bits per heavy atom. The highest BCUT2D eigenvalue weighted by Gasteiger charge is 2.23. The zero-order chi connectivity index (χ0) is 20.4. The van der Waals surface area contributed by atoms with Crippen LogP contribution in [0.25, 0.3) is 22.0 Å². The van der Waals surface area contributed by atoms with Crippen molar-refractivity contribution < 1.29 is 23.0 Å². The topological polar surface area (TPSA) is 57.5 Å². The molecule has 1 aromatic heterocycles. The van der Waals surface area contributed by atoms with Gasteiger partial charge in [-0.1, -0.05) is 12.1 Å². The molecule has 3 aromatic rings. The van der Waals surface area contributed by atoms with Gasteiger partial charge in [0.2, 0.25) is 5.43 Å². The van der Waals surface area contributed by atoms with E-state index in [9.17, 15) is 14.0 Å². The van der Waals surface area contributed by atoms with Crippen LogP contribution in [-0.4, -0.2) is 24.3 Å². The number of aromatic nitrogens is 1. The van der Waals surface area contributed by atoms with Gasteiger partial charge in [0.1, 0.15) is 17.1 Å². The first kappa shape index (κ1) is 19.5. The number of hydrogen-bond acceptors (Lipinski definition) is 4. The molecule has 0 aliphatic rings. The largest absolute Gasteiger partial charge is 0.497 e. The van der Waals surface area contributed by atoms with E-state index in [1.54, 1.807) is 26.0 Å². The van der Waals surface area contributed by atoms with Gasteiger partial charge < -0.3 is 14.0 Å². The molecule has 0 aliphatic heterocycles. The van der Waals surface area contributed by atoms with Crippen LogP contribution >= 0.6 is 0 Å². The molecule has 0 spiro atoms. The average Bonchev–Trinajstić information content (AvgIpc) is 2.69. The van der Waals surface area contributed by atoms with Crippen molar-refractivity contribution in [3.63, 3.8) is 0 Å². The maximum atomic E-state index is 15.4. The monoisotopic (exact) mass is 387 g/mol. The van der Waals surface area contributed by atoms with Gasteiger partial charge in [-0.05, 0) is 37.6 Å². The minimum Gasteiger partial charge on any atom is -0.497 e. The predicted octanol–water partition coefficient (Wildman–Crippen LogP) is 4.15. The molecule has 146 valence electrons. The second kappa shape index (κ2) is 7.80. The van der Waals surface area contributed by atoms with Crippen LogP contribution in [0, 0.1) is 11.6 Å². The van der Waals surface area contributed by atoms with Crippen LogP contribution in [0.15, 0.2) is 41.3 Å². The second-order valence-electron chi connectivity index (χ2n) is 6.05. The average molecular weight is 387 g/mol. The number of carbonyl (C=O) groups is 1. The summed E-state index contributed by atoms with van der Waals surface area (Å²) in [7, 11) is 1.49. The maximum Gasteiger partial charge on any atom is 0.343 e. The number of carbonyl (C=O) groups excluding carboxylic acids is 1. The molecule has 3 rings (SSSR count). The molecule has 0 aliphatic carbocycles. The van der Waals surface area contributed by atoms with Crippen LogP contribution in [-0.2, 0) is 11.3 Å². The van der Waals surface area contributed by atoms with E-state index in [0.717, 1.165) is 6.07 Å². The number of methoxy groups -OCH3 is 1. The maximum absolute atomic E-state index is 15.4. The Bertz CT molecular complexity index is 1100. The van der Waals surface area contributed by atoms with Gasteiger partial charge in [-0.25, -0.2) is 13.6 Å². The van der Waals surface area contributed by atoms with E-state index >= 15 is 4.39 Å². The van der Waals surface area contributed by atoms with E-state index in [-0.39, 0.29) is 35.2 Å². The van der Waals surface area contributed by atoms with Gasteiger partial charge in [0.25, 0.3) is 0 Å². The molecule has 0 radical (unpaired) electrons. The number of halogens is 2. The SMILES string of the molecule is CCOC(=O)c1cn(CC)c2c(F)c(-c3ccc(OC)cc3)c(F)cc2c1=O. The van der Waals surface area contributed by atoms with Gasteiger partial charge >= 0.3 is 5.97 Å². The Balaban J connectivity index is 2.32. The summed E-state index contributed by atoms with van der Waals surface area (Å²) >= 11 is 0. The molecule has 1 heterocycles. The van der Waals surface area contributed by atoms with E-state index in [2.05, 4.69) is 0 Å². The first-order valence-corrected chi connectivity index (χ1v) is 8.79. The summed E-state index contributed by atoms with van der Waals surface area (Å²) < 4.78 is 41.5. The van der Waals surface area contributed by atoms with Crippen molar-refractivity contribution in [2.45, 2.75) is 20.4 Å². The van der Waals surface area contributed by atoms with Crippen molar-refractivity contribution in [2.75, 3.05) is 13.7 Å². The standard InChI is InChI=1S/C21H19F2NO4/c1-4-24-11-15(21(26)28-5-2)20(25)14-10-16(22)17(18(23)19(14)24)12-6-8-13(27-3)9-7-12/h6-11H,4-5H2,1-3H3. The number of hydrogen-bond donors (Lipinski definition) is 0. The molecular weight excluding hydrogens is 368 g/mol. The third-order valence-corrected chi connectivity index (χ3v) is 4.47. The van der Waals surface area contributed by atoms with E-state index in [4.69, 9.17) is 9.47 Å². The zero-order valence-electron chi connectivity index (χ0n) is 15.7. The molecule has 0 saturated carbocycles. The van der Waals surface area contributed by atoms with Crippen molar-refractivity contribution in [1.29, 1.82) is 0 Å². The smallest absolute Gasteiger partial charge is 0.343 e. The zero-order valence-corrected chi connectivity index (χ0v) is 15.7. The highest BCUT2D eigenvalue weighted by Crippen LogP contribution is 2.32. The van der Waals surface area contributed by atoms with E-state index in [1.807, 2.05) is 0 Å².